The summed E-state index contributed by atoms with van der Waals surface area (Å²) in [5.74, 6) is 0. The summed E-state index contributed by atoms with van der Waals surface area (Å²) >= 11 is 0. The summed E-state index contributed by atoms with van der Waals surface area (Å²) in [6.45, 7) is 6.75. The van der Waals surface area contributed by atoms with E-state index >= 15 is 0 Å². The molecule has 0 radical (unpaired) electrons. The zero-order valence-corrected chi connectivity index (χ0v) is 11.9. The Labute approximate surface area is 111 Å². The number of para-hydroxylation sites is 1. The number of nitrogens with one attached hydrogen (secondary N) is 2. The monoisotopic (exact) mass is 246 g/mol. The Hall–Kier alpha value is -1.02. The van der Waals surface area contributed by atoms with Gasteiger partial charge in [0.15, 0.2) is 0 Å². The molecule has 1 aliphatic carbocycles. The molecule has 2 rings (SSSR count). The van der Waals surface area contributed by atoms with E-state index in [4.69, 9.17) is 0 Å². The van der Waals surface area contributed by atoms with E-state index in [0.717, 1.165) is 0 Å². The van der Waals surface area contributed by atoms with Gasteiger partial charge in [-0.05, 0) is 58.6 Å². The molecule has 0 saturated heterocycles. The molecular weight excluding hydrogens is 220 g/mol. The number of hydrogen-bond donors (Lipinski definition) is 2. The van der Waals surface area contributed by atoms with E-state index in [9.17, 15) is 0 Å². The van der Waals surface area contributed by atoms with Crippen molar-refractivity contribution in [3.8, 4) is 0 Å². The maximum absolute atomic E-state index is 3.71. The van der Waals surface area contributed by atoms with Crippen molar-refractivity contribution in [2.24, 2.45) is 0 Å². The molecule has 100 valence electrons. The molecule has 18 heavy (non-hydrogen) atoms. The van der Waals surface area contributed by atoms with E-state index in [1.54, 1.807) is 0 Å². The fourth-order valence-corrected chi connectivity index (χ4v) is 2.76. The second-order valence-corrected chi connectivity index (χ2v) is 6.45. The Kier molecular flexibility index (Phi) is 4.28. The highest BCUT2D eigenvalue weighted by atomic mass is 15.0. The van der Waals surface area contributed by atoms with Gasteiger partial charge in [-0.3, -0.25) is 0 Å². The molecule has 1 fully saturated rings. The van der Waals surface area contributed by atoms with Crippen LogP contribution in [0.4, 0.5) is 5.69 Å². The van der Waals surface area contributed by atoms with Crippen molar-refractivity contribution >= 4 is 5.69 Å². The van der Waals surface area contributed by atoms with Crippen LogP contribution in [-0.2, 0) is 0 Å². The van der Waals surface area contributed by atoms with Crippen molar-refractivity contribution in [2.75, 3.05) is 5.32 Å². The summed E-state index contributed by atoms with van der Waals surface area (Å²) in [5, 5.41) is 7.35. The first-order valence-corrected chi connectivity index (χ1v) is 7.12. The Morgan fingerprint density at radius 3 is 2.00 bits per heavy atom. The topological polar surface area (TPSA) is 24.1 Å². The van der Waals surface area contributed by atoms with Gasteiger partial charge in [-0.25, -0.2) is 0 Å². The first-order chi connectivity index (χ1) is 8.53. The molecule has 1 aromatic rings. The van der Waals surface area contributed by atoms with Gasteiger partial charge in [0, 0.05) is 23.3 Å². The van der Waals surface area contributed by atoms with Gasteiger partial charge in [0.25, 0.3) is 0 Å². The van der Waals surface area contributed by atoms with Gasteiger partial charge in [-0.2, -0.15) is 0 Å². The minimum absolute atomic E-state index is 0.240. The van der Waals surface area contributed by atoms with E-state index in [1.165, 1.54) is 31.4 Å². The SMILES string of the molecule is CC(C)(C)NC1CCC(Nc2ccccc2)CC1. The number of anilines is 1. The normalized spacial score (nSPS) is 24.8. The van der Waals surface area contributed by atoms with Crippen LogP contribution in [0, 0.1) is 0 Å². The molecule has 0 heterocycles. The van der Waals surface area contributed by atoms with Gasteiger partial charge in [0.1, 0.15) is 0 Å². The highest BCUT2D eigenvalue weighted by molar-refractivity contribution is 5.43. The second-order valence-electron chi connectivity index (χ2n) is 6.45. The van der Waals surface area contributed by atoms with Crippen LogP contribution < -0.4 is 10.6 Å². The van der Waals surface area contributed by atoms with E-state index < -0.39 is 0 Å². The summed E-state index contributed by atoms with van der Waals surface area (Å²) in [6, 6.07) is 11.9. The van der Waals surface area contributed by atoms with Gasteiger partial charge in [0.05, 0.1) is 0 Å². The lowest BCUT2D eigenvalue weighted by Crippen LogP contribution is -2.46. The highest BCUT2D eigenvalue weighted by Crippen LogP contribution is 2.23. The van der Waals surface area contributed by atoms with Crippen LogP contribution in [0.25, 0.3) is 0 Å². The molecule has 1 aliphatic rings. The predicted octanol–water partition coefficient (Wildman–Crippen LogP) is 3.80. The van der Waals surface area contributed by atoms with Crippen LogP contribution in [0.5, 0.6) is 0 Å². The molecule has 2 N–H and O–H groups in total. The number of rotatable bonds is 3. The van der Waals surface area contributed by atoms with Crippen molar-refractivity contribution in [1.82, 2.24) is 5.32 Å². The minimum atomic E-state index is 0.240. The molecule has 1 saturated carbocycles. The molecule has 0 atom stereocenters. The van der Waals surface area contributed by atoms with Crippen molar-refractivity contribution in [1.29, 1.82) is 0 Å². The Bertz CT molecular complexity index is 345. The number of benzene rings is 1. The summed E-state index contributed by atoms with van der Waals surface area (Å²) < 4.78 is 0. The van der Waals surface area contributed by atoms with Gasteiger partial charge in [-0.15, -0.1) is 0 Å². The Balaban J connectivity index is 1.77. The third-order valence-corrected chi connectivity index (χ3v) is 3.51. The van der Waals surface area contributed by atoms with Crippen LogP contribution >= 0.6 is 0 Å². The number of hydrogen-bond acceptors (Lipinski definition) is 2. The molecule has 1 aromatic carbocycles. The predicted molar refractivity (Wildman–Crippen MR) is 79.0 cm³/mol. The third-order valence-electron chi connectivity index (χ3n) is 3.51. The molecule has 0 amide bonds. The molecule has 0 aromatic heterocycles. The zero-order valence-electron chi connectivity index (χ0n) is 11.9. The van der Waals surface area contributed by atoms with Crippen molar-refractivity contribution < 1.29 is 0 Å². The van der Waals surface area contributed by atoms with E-state index in [2.05, 4.69) is 61.7 Å². The Morgan fingerprint density at radius 2 is 1.44 bits per heavy atom. The van der Waals surface area contributed by atoms with Crippen LogP contribution in [0.3, 0.4) is 0 Å². The molecular formula is C16H26N2. The summed E-state index contributed by atoms with van der Waals surface area (Å²) in [4.78, 5) is 0. The largest absolute Gasteiger partial charge is 0.382 e. The fraction of sp³-hybridized carbons (Fsp3) is 0.625. The highest BCUT2D eigenvalue weighted by Gasteiger charge is 2.23. The lowest BCUT2D eigenvalue weighted by atomic mass is 9.89. The standard InChI is InChI=1S/C16H26N2/c1-16(2,3)18-15-11-9-14(10-12-15)17-13-7-5-4-6-8-13/h4-8,14-15,17-18H,9-12H2,1-3H3. The van der Waals surface area contributed by atoms with Crippen LogP contribution in [0.2, 0.25) is 0 Å². The van der Waals surface area contributed by atoms with Gasteiger partial charge in [-0.1, -0.05) is 18.2 Å². The summed E-state index contributed by atoms with van der Waals surface area (Å²) in [6.07, 6.45) is 5.09. The molecule has 2 nitrogen and oxygen atoms in total. The van der Waals surface area contributed by atoms with Crippen LogP contribution in [0.15, 0.2) is 30.3 Å². The van der Waals surface area contributed by atoms with E-state index in [-0.39, 0.29) is 5.54 Å². The first-order valence-electron chi connectivity index (χ1n) is 7.12. The maximum atomic E-state index is 3.71. The lowest BCUT2D eigenvalue weighted by molar-refractivity contribution is 0.286. The van der Waals surface area contributed by atoms with Gasteiger partial charge < -0.3 is 10.6 Å². The smallest absolute Gasteiger partial charge is 0.0342 e. The van der Waals surface area contributed by atoms with E-state index in [1.807, 2.05) is 0 Å². The van der Waals surface area contributed by atoms with E-state index in [0.29, 0.717) is 12.1 Å². The van der Waals surface area contributed by atoms with Crippen molar-refractivity contribution in [3.05, 3.63) is 30.3 Å². The maximum Gasteiger partial charge on any atom is 0.0342 e. The average Bonchev–Trinajstić information content (AvgIpc) is 2.31. The quantitative estimate of drug-likeness (QED) is 0.847. The molecule has 0 unspecified atom stereocenters. The molecule has 0 bridgehead atoms. The minimum Gasteiger partial charge on any atom is -0.382 e. The summed E-state index contributed by atoms with van der Waals surface area (Å²) in [5.41, 5.74) is 1.49. The molecule has 2 heteroatoms. The van der Waals surface area contributed by atoms with Crippen molar-refractivity contribution in [2.45, 2.75) is 64.1 Å². The molecule has 0 spiro atoms. The fourth-order valence-electron chi connectivity index (χ4n) is 2.76. The third kappa shape index (κ3) is 4.34. The van der Waals surface area contributed by atoms with Crippen LogP contribution in [0.1, 0.15) is 46.5 Å². The lowest BCUT2D eigenvalue weighted by Gasteiger charge is -2.34. The van der Waals surface area contributed by atoms with Crippen LogP contribution in [-0.4, -0.2) is 17.6 Å². The van der Waals surface area contributed by atoms with Gasteiger partial charge in [0.2, 0.25) is 0 Å². The Morgan fingerprint density at radius 1 is 0.889 bits per heavy atom. The zero-order chi connectivity index (χ0) is 13.0. The van der Waals surface area contributed by atoms with Crippen molar-refractivity contribution in [3.63, 3.8) is 0 Å². The first kappa shape index (κ1) is 13.4. The summed E-state index contributed by atoms with van der Waals surface area (Å²) in [7, 11) is 0. The van der Waals surface area contributed by atoms with Gasteiger partial charge >= 0.3 is 0 Å². The second kappa shape index (κ2) is 5.75. The average molecular weight is 246 g/mol. The molecule has 0 aliphatic heterocycles.